The number of thiophene rings is 1. The van der Waals surface area contributed by atoms with Gasteiger partial charge < -0.3 is 0 Å². The molecule has 2 aromatic heterocycles. The van der Waals surface area contributed by atoms with Gasteiger partial charge in [0.25, 0.3) is 17.3 Å². The van der Waals surface area contributed by atoms with Crippen LogP contribution in [0.25, 0.3) is 0 Å². The van der Waals surface area contributed by atoms with E-state index in [-0.39, 0.29) is 15.8 Å². The quantitative estimate of drug-likeness (QED) is 0.375. The number of rotatable bonds is 6. The smallest absolute Gasteiger partial charge is 0.289 e. The highest BCUT2D eigenvalue weighted by Gasteiger charge is 2.24. The zero-order valence-corrected chi connectivity index (χ0v) is 14.8. The standard InChI is InChI=1S/C14H8N6O5S2/c21-12(10-4-3-8(19(22)23)6-11(10)20(24)25)16-14-18-17-13(27-14)15-7-9-2-1-5-26-9/h1-7H,(H,16,18,21)/b15-7+. The Morgan fingerprint density at radius 3 is 2.67 bits per heavy atom. The van der Waals surface area contributed by atoms with Gasteiger partial charge in [0.05, 0.1) is 15.9 Å². The highest BCUT2D eigenvalue weighted by Crippen LogP contribution is 2.27. The molecule has 0 unspecified atom stereocenters. The number of anilines is 1. The molecule has 3 rings (SSSR count). The van der Waals surface area contributed by atoms with Crippen LogP contribution < -0.4 is 5.32 Å². The van der Waals surface area contributed by atoms with Crippen LogP contribution in [-0.2, 0) is 0 Å². The summed E-state index contributed by atoms with van der Waals surface area (Å²) in [5.74, 6) is -0.832. The molecule has 0 spiro atoms. The maximum absolute atomic E-state index is 12.3. The van der Waals surface area contributed by atoms with Crippen LogP contribution in [0.1, 0.15) is 15.2 Å². The summed E-state index contributed by atoms with van der Waals surface area (Å²) in [5.41, 5.74) is -1.49. The number of nitrogens with zero attached hydrogens (tertiary/aromatic N) is 5. The van der Waals surface area contributed by atoms with Crippen molar-refractivity contribution >= 4 is 56.4 Å². The first kappa shape index (κ1) is 18.2. The molecule has 1 amide bonds. The van der Waals surface area contributed by atoms with Crippen LogP contribution in [0.3, 0.4) is 0 Å². The van der Waals surface area contributed by atoms with Crippen molar-refractivity contribution in [3.63, 3.8) is 0 Å². The molecule has 11 nitrogen and oxygen atoms in total. The van der Waals surface area contributed by atoms with E-state index >= 15 is 0 Å². The number of hydrogen-bond donors (Lipinski definition) is 1. The minimum Gasteiger partial charge on any atom is -0.296 e. The molecule has 2 heterocycles. The van der Waals surface area contributed by atoms with Crippen molar-refractivity contribution in [3.8, 4) is 0 Å². The van der Waals surface area contributed by atoms with Crippen LogP contribution in [0.4, 0.5) is 21.6 Å². The molecule has 1 N–H and O–H groups in total. The largest absolute Gasteiger partial charge is 0.296 e. The van der Waals surface area contributed by atoms with Crippen LogP contribution in [-0.4, -0.2) is 32.2 Å². The highest BCUT2D eigenvalue weighted by molar-refractivity contribution is 7.19. The summed E-state index contributed by atoms with van der Waals surface area (Å²) in [6, 6.07) is 6.49. The molecule has 0 atom stereocenters. The maximum Gasteiger partial charge on any atom is 0.289 e. The average Bonchev–Trinajstić information content (AvgIpc) is 3.31. The Labute approximate surface area is 158 Å². The summed E-state index contributed by atoms with van der Waals surface area (Å²) in [4.78, 5) is 37.5. The number of carbonyl (C=O) groups excluding carboxylic acids is 1. The summed E-state index contributed by atoms with van der Waals surface area (Å²) < 4.78 is 0. The van der Waals surface area contributed by atoms with E-state index in [4.69, 9.17) is 0 Å². The van der Waals surface area contributed by atoms with Crippen molar-refractivity contribution in [1.29, 1.82) is 0 Å². The number of nitro groups is 2. The lowest BCUT2D eigenvalue weighted by Crippen LogP contribution is -2.14. The second-order valence-corrected chi connectivity index (χ2v) is 6.77. The Kier molecular flexibility index (Phi) is 5.23. The van der Waals surface area contributed by atoms with Crippen LogP contribution >= 0.6 is 22.7 Å². The molecule has 3 aromatic rings. The van der Waals surface area contributed by atoms with Gasteiger partial charge in [0.2, 0.25) is 10.3 Å². The minimum atomic E-state index is -0.862. The van der Waals surface area contributed by atoms with E-state index in [9.17, 15) is 25.0 Å². The molecule has 27 heavy (non-hydrogen) atoms. The first-order chi connectivity index (χ1) is 12.9. The van der Waals surface area contributed by atoms with Gasteiger partial charge in [-0.1, -0.05) is 17.4 Å². The second-order valence-electron chi connectivity index (χ2n) is 4.83. The molecule has 0 saturated carbocycles. The molecule has 0 bridgehead atoms. The number of aromatic nitrogens is 2. The van der Waals surface area contributed by atoms with Gasteiger partial charge in [-0.25, -0.2) is 4.99 Å². The third-order valence-corrected chi connectivity index (χ3v) is 4.67. The lowest BCUT2D eigenvalue weighted by Gasteiger charge is -2.02. The Morgan fingerprint density at radius 2 is 2.00 bits per heavy atom. The van der Waals surface area contributed by atoms with Crippen LogP contribution in [0.5, 0.6) is 0 Å². The van der Waals surface area contributed by atoms with Crippen LogP contribution in [0.15, 0.2) is 40.7 Å². The van der Waals surface area contributed by atoms with E-state index in [0.29, 0.717) is 0 Å². The molecule has 0 aliphatic carbocycles. The summed E-state index contributed by atoms with van der Waals surface area (Å²) in [7, 11) is 0. The molecule has 0 aliphatic rings. The molecule has 0 radical (unpaired) electrons. The van der Waals surface area contributed by atoms with E-state index in [1.54, 1.807) is 6.21 Å². The van der Waals surface area contributed by atoms with Crippen molar-refractivity contribution < 1.29 is 14.6 Å². The average molecular weight is 404 g/mol. The Balaban J connectivity index is 1.78. The van der Waals surface area contributed by atoms with Crippen molar-refractivity contribution in [2.75, 3.05) is 5.32 Å². The number of nitrogens with one attached hydrogen (secondary N) is 1. The first-order valence-electron chi connectivity index (χ1n) is 7.09. The summed E-state index contributed by atoms with van der Waals surface area (Å²) in [5, 5.41) is 34.1. The fraction of sp³-hybridized carbons (Fsp3) is 0. The topological polar surface area (TPSA) is 154 Å². The summed E-state index contributed by atoms with van der Waals surface area (Å²) >= 11 is 2.46. The van der Waals surface area contributed by atoms with Crippen LogP contribution in [0.2, 0.25) is 0 Å². The van der Waals surface area contributed by atoms with Crippen molar-refractivity contribution in [2.45, 2.75) is 0 Å². The molecule has 1 aromatic carbocycles. The fourth-order valence-corrected chi connectivity index (χ4v) is 3.11. The van der Waals surface area contributed by atoms with Crippen LogP contribution in [0, 0.1) is 20.2 Å². The lowest BCUT2D eigenvalue weighted by molar-refractivity contribution is -0.394. The zero-order chi connectivity index (χ0) is 19.4. The molecule has 0 fully saturated rings. The van der Waals surface area contributed by atoms with E-state index in [2.05, 4.69) is 20.5 Å². The molecule has 136 valence electrons. The zero-order valence-electron chi connectivity index (χ0n) is 13.1. The number of hydrogen-bond acceptors (Lipinski definition) is 10. The Morgan fingerprint density at radius 1 is 1.19 bits per heavy atom. The number of nitro benzene ring substituents is 2. The minimum absolute atomic E-state index is 0.0889. The fourth-order valence-electron chi connectivity index (χ4n) is 1.94. The molecular weight excluding hydrogens is 396 g/mol. The monoisotopic (exact) mass is 404 g/mol. The first-order valence-corrected chi connectivity index (χ1v) is 8.79. The van der Waals surface area contributed by atoms with Gasteiger partial charge >= 0.3 is 0 Å². The molecule has 0 saturated heterocycles. The van der Waals surface area contributed by atoms with E-state index < -0.39 is 27.1 Å². The van der Waals surface area contributed by atoms with Gasteiger partial charge in [0, 0.05) is 17.2 Å². The number of aliphatic imine (C=N–C) groups is 1. The predicted molar refractivity (Wildman–Crippen MR) is 99.2 cm³/mol. The Bertz CT molecular complexity index is 1050. The third-order valence-electron chi connectivity index (χ3n) is 3.11. The molecule has 13 heteroatoms. The van der Waals surface area contributed by atoms with Gasteiger partial charge in [-0.3, -0.25) is 30.3 Å². The highest BCUT2D eigenvalue weighted by atomic mass is 32.1. The summed E-state index contributed by atoms with van der Waals surface area (Å²) in [6.07, 6.45) is 1.60. The number of carbonyl (C=O) groups is 1. The summed E-state index contributed by atoms with van der Waals surface area (Å²) in [6.45, 7) is 0. The van der Waals surface area contributed by atoms with Gasteiger partial charge in [-0.2, -0.15) is 0 Å². The number of non-ortho nitro benzene ring substituents is 1. The van der Waals surface area contributed by atoms with Gasteiger partial charge in [-0.05, 0) is 17.5 Å². The normalized spacial score (nSPS) is 10.8. The number of benzene rings is 1. The lowest BCUT2D eigenvalue weighted by atomic mass is 10.1. The van der Waals surface area contributed by atoms with Crippen molar-refractivity contribution in [2.24, 2.45) is 4.99 Å². The predicted octanol–water partition coefficient (Wildman–Crippen LogP) is 3.42. The number of amides is 1. The SMILES string of the molecule is O=C(Nc1nnc(/N=C/c2cccs2)s1)c1ccc([N+](=O)[O-])cc1[N+](=O)[O-]. The molecular formula is C14H8N6O5S2. The van der Waals surface area contributed by atoms with E-state index in [0.717, 1.165) is 34.4 Å². The molecule has 0 aliphatic heterocycles. The van der Waals surface area contributed by atoms with Crippen molar-refractivity contribution in [3.05, 3.63) is 66.4 Å². The Hall–Kier alpha value is -3.58. The third kappa shape index (κ3) is 4.34. The van der Waals surface area contributed by atoms with Gasteiger partial charge in [-0.15, -0.1) is 21.5 Å². The second kappa shape index (κ2) is 7.76. The van der Waals surface area contributed by atoms with Gasteiger partial charge in [0.15, 0.2) is 0 Å². The van der Waals surface area contributed by atoms with Crippen molar-refractivity contribution in [1.82, 2.24) is 10.2 Å². The van der Waals surface area contributed by atoms with E-state index in [1.807, 2.05) is 17.5 Å². The maximum atomic E-state index is 12.3. The van der Waals surface area contributed by atoms with Gasteiger partial charge in [0.1, 0.15) is 5.56 Å². The van der Waals surface area contributed by atoms with E-state index in [1.165, 1.54) is 11.3 Å².